The van der Waals surface area contributed by atoms with Crippen LogP contribution in [0.3, 0.4) is 0 Å². The van der Waals surface area contributed by atoms with Gasteiger partial charge in [0.1, 0.15) is 0 Å². The number of hydrogen-bond acceptors (Lipinski definition) is 2. The van der Waals surface area contributed by atoms with Gasteiger partial charge in [0.15, 0.2) is 0 Å². The van der Waals surface area contributed by atoms with E-state index in [1.807, 2.05) is 0 Å². The molecule has 0 aliphatic heterocycles. The summed E-state index contributed by atoms with van der Waals surface area (Å²) in [5.74, 6) is 0.973. The molecule has 0 nitrogen and oxygen atoms in total. The van der Waals surface area contributed by atoms with Crippen LogP contribution in [0.15, 0.2) is 0 Å². The summed E-state index contributed by atoms with van der Waals surface area (Å²) < 4.78 is 0. The highest BCUT2D eigenvalue weighted by molar-refractivity contribution is 8.76. The van der Waals surface area contributed by atoms with Gasteiger partial charge in [-0.3, -0.25) is 0 Å². The average molecular weight is 107 g/mol. The topological polar surface area (TPSA) is 0 Å². The van der Waals surface area contributed by atoms with Crippen LogP contribution in [0.2, 0.25) is 0 Å². The minimum atomic E-state index is 0.973. The lowest BCUT2D eigenvalue weighted by atomic mass is 11.0. The molecule has 0 aliphatic carbocycles. The molecule has 1 radical (unpaired) electrons. The molecule has 0 aromatic rings. The van der Waals surface area contributed by atoms with Crippen molar-refractivity contribution in [3.63, 3.8) is 0 Å². The Morgan fingerprint density at radius 3 is 2.40 bits per heavy atom. The van der Waals surface area contributed by atoms with E-state index in [9.17, 15) is 0 Å². The summed E-state index contributed by atoms with van der Waals surface area (Å²) >= 11 is 0. The summed E-state index contributed by atoms with van der Waals surface area (Å²) in [7, 11) is 3.52. The van der Waals surface area contributed by atoms with Crippen molar-refractivity contribution in [2.45, 2.75) is 0 Å². The Balaban J connectivity index is 2.19. The molecular formula is C3H7S2. The lowest BCUT2D eigenvalue weighted by Gasteiger charge is -1.79. The van der Waals surface area contributed by atoms with Gasteiger partial charge in [0.25, 0.3) is 0 Å². The Hall–Kier alpha value is 0.700. The maximum atomic E-state index is 3.62. The summed E-state index contributed by atoms with van der Waals surface area (Å²) in [6.07, 6.45) is 2.05. The monoisotopic (exact) mass is 107 g/mol. The van der Waals surface area contributed by atoms with E-state index in [1.165, 1.54) is 0 Å². The molecule has 0 unspecified atom stereocenters. The smallest absolute Gasteiger partial charge is 0.00371 e. The minimum absolute atomic E-state index is 0.973. The molecule has 0 N–H and O–H groups in total. The Kier molecular flexibility index (Phi) is 5.36. The molecule has 0 saturated carbocycles. The van der Waals surface area contributed by atoms with Crippen molar-refractivity contribution in [2.24, 2.45) is 0 Å². The van der Waals surface area contributed by atoms with E-state index in [0.717, 1.165) is 5.75 Å². The second-order valence-electron chi connectivity index (χ2n) is 0.489. The maximum Gasteiger partial charge on any atom is 0.00371 e. The highest BCUT2D eigenvalue weighted by atomic mass is 33.1. The Morgan fingerprint density at radius 2 is 2.40 bits per heavy atom. The number of hydrogen-bond donors (Lipinski definition) is 0. The van der Waals surface area contributed by atoms with Crippen LogP contribution >= 0.6 is 21.6 Å². The van der Waals surface area contributed by atoms with Crippen molar-refractivity contribution in [2.75, 3.05) is 12.0 Å². The molecule has 2 heteroatoms. The van der Waals surface area contributed by atoms with Crippen LogP contribution in [0.1, 0.15) is 0 Å². The van der Waals surface area contributed by atoms with Crippen LogP contribution < -0.4 is 0 Å². The highest BCUT2D eigenvalue weighted by Crippen LogP contribution is 2.14. The fraction of sp³-hybridized carbons (Fsp3) is 0.667. The van der Waals surface area contributed by atoms with E-state index in [4.69, 9.17) is 0 Å². The molecule has 0 fully saturated rings. The van der Waals surface area contributed by atoms with Gasteiger partial charge in [-0.1, -0.05) is 21.6 Å². The summed E-state index contributed by atoms with van der Waals surface area (Å²) in [6, 6.07) is 0. The Labute approximate surface area is 41.1 Å². The normalized spacial score (nSPS) is 8.40. The van der Waals surface area contributed by atoms with Gasteiger partial charge in [0.05, 0.1) is 0 Å². The fourth-order valence-electron chi connectivity index (χ4n) is 0.0833. The second-order valence-corrected chi connectivity index (χ2v) is 3.17. The molecule has 0 aliphatic rings. The minimum Gasteiger partial charge on any atom is -0.0976 e. The van der Waals surface area contributed by atoms with Gasteiger partial charge in [-0.05, 0) is 13.2 Å². The lowest BCUT2D eigenvalue weighted by Crippen LogP contribution is -1.52. The summed E-state index contributed by atoms with van der Waals surface area (Å²) in [4.78, 5) is 0. The van der Waals surface area contributed by atoms with Gasteiger partial charge >= 0.3 is 0 Å². The molecule has 0 spiro atoms. The van der Waals surface area contributed by atoms with E-state index >= 15 is 0 Å². The van der Waals surface area contributed by atoms with Gasteiger partial charge in [0, 0.05) is 5.75 Å². The first-order valence-corrected chi connectivity index (χ1v) is 4.09. The Bertz CT molecular complexity index is 12.4. The van der Waals surface area contributed by atoms with E-state index < -0.39 is 0 Å². The van der Waals surface area contributed by atoms with Gasteiger partial charge in [-0.25, -0.2) is 0 Å². The summed E-state index contributed by atoms with van der Waals surface area (Å²) in [5.41, 5.74) is 0. The molecule has 0 aromatic carbocycles. The highest BCUT2D eigenvalue weighted by Gasteiger charge is 1.68. The van der Waals surface area contributed by atoms with Crippen molar-refractivity contribution in [3.8, 4) is 0 Å². The molecule has 31 valence electrons. The van der Waals surface area contributed by atoms with Gasteiger partial charge in [0.2, 0.25) is 0 Å². The first kappa shape index (κ1) is 5.70. The van der Waals surface area contributed by atoms with E-state index in [0.29, 0.717) is 0 Å². The van der Waals surface area contributed by atoms with E-state index in [2.05, 4.69) is 13.2 Å². The van der Waals surface area contributed by atoms with Crippen LogP contribution in [0.4, 0.5) is 0 Å². The van der Waals surface area contributed by atoms with E-state index in [-0.39, 0.29) is 0 Å². The van der Waals surface area contributed by atoms with E-state index in [1.54, 1.807) is 21.6 Å². The predicted octanol–water partition coefficient (Wildman–Crippen LogP) is 1.83. The third kappa shape index (κ3) is 4.70. The third-order valence-corrected chi connectivity index (χ3v) is 1.81. The largest absolute Gasteiger partial charge is 0.0976 e. The van der Waals surface area contributed by atoms with Crippen molar-refractivity contribution in [1.82, 2.24) is 0 Å². The zero-order valence-electron chi connectivity index (χ0n) is 3.23. The summed E-state index contributed by atoms with van der Waals surface area (Å²) in [6.45, 7) is 3.62. The van der Waals surface area contributed by atoms with Gasteiger partial charge < -0.3 is 0 Å². The standard InChI is InChI=1S/C3H7S2/c1-3-5-4-2/h1,3H2,2H3. The molecule has 0 atom stereocenters. The van der Waals surface area contributed by atoms with Crippen LogP contribution in [0, 0.1) is 6.92 Å². The molecule has 0 aromatic heterocycles. The zero-order chi connectivity index (χ0) is 4.12. The van der Waals surface area contributed by atoms with Crippen molar-refractivity contribution in [3.05, 3.63) is 6.92 Å². The maximum absolute atomic E-state index is 3.62. The quantitative estimate of drug-likeness (QED) is 0.494. The first-order chi connectivity index (χ1) is 2.41. The van der Waals surface area contributed by atoms with Crippen LogP contribution in [0.25, 0.3) is 0 Å². The van der Waals surface area contributed by atoms with Crippen molar-refractivity contribution < 1.29 is 0 Å². The number of rotatable bonds is 2. The van der Waals surface area contributed by atoms with Gasteiger partial charge in [-0.2, -0.15) is 0 Å². The van der Waals surface area contributed by atoms with Crippen LogP contribution in [-0.2, 0) is 0 Å². The first-order valence-electron chi connectivity index (χ1n) is 1.36. The molecule has 0 amide bonds. The Morgan fingerprint density at radius 1 is 1.80 bits per heavy atom. The van der Waals surface area contributed by atoms with Gasteiger partial charge in [-0.15, -0.1) is 0 Å². The lowest BCUT2D eigenvalue weighted by molar-refractivity contribution is 1.85. The van der Waals surface area contributed by atoms with Crippen molar-refractivity contribution >= 4 is 21.6 Å². The molecule has 0 bridgehead atoms. The third-order valence-electron chi connectivity index (χ3n) is 0.201. The molecule has 0 heterocycles. The molecule has 0 rings (SSSR count). The summed E-state index contributed by atoms with van der Waals surface area (Å²) in [5, 5.41) is 0. The molecular weight excluding hydrogens is 100 g/mol. The van der Waals surface area contributed by atoms with Crippen LogP contribution in [-0.4, -0.2) is 12.0 Å². The fourth-order valence-corrected chi connectivity index (χ4v) is 0.750. The average Bonchev–Trinajstić information content (AvgIpc) is 1.41. The molecule has 0 saturated heterocycles. The van der Waals surface area contributed by atoms with Crippen LogP contribution in [0.5, 0.6) is 0 Å². The predicted molar refractivity (Wildman–Crippen MR) is 31.3 cm³/mol. The molecule has 5 heavy (non-hydrogen) atoms. The van der Waals surface area contributed by atoms with Crippen molar-refractivity contribution in [1.29, 1.82) is 0 Å². The SMILES string of the molecule is [CH2]CSSC. The zero-order valence-corrected chi connectivity index (χ0v) is 4.86. The second kappa shape index (κ2) is 4.70.